The number of rotatable bonds is 7. The number of primary amides is 1. The van der Waals surface area contributed by atoms with Gasteiger partial charge in [0.15, 0.2) is 5.82 Å². The number of nitrogens with two attached hydrogens (primary N) is 1. The molecule has 4 aromatic rings. The smallest absolute Gasteiger partial charge is 0.423 e. The Morgan fingerprint density at radius 2 is 2.00 bits per heavy atom. The molecule has 5 N–H and O–H groups in total. The first-order valence-electron chi connectivity index (χ1n) is 9.66. The van der Waals surface area contributed by atoms with Gasteiger partial charge in [0, 0.05) is 6.54 Å². The van der Waals surface area contributed by atoms with Crippen LogP contribution in [0.15, 0.2) is 48.8 Å². The average molecular weight is 417 g/mol. The van der Waals surface area contributed by atoms with Gasteiger partial charge in [-0.2, -0.15) is 0 Å². The fourth-order valence-corrected chi connectivity index (χ4v) is 3.27. The van der Waals surface area contributed by atoms with E-state index in [9.17, 15) is 14.8 Å². The van der Waals surface area contributed by atoms with E-state index in [2.05, 4.69) is 25.5 Å². The van der Waals surface area contributed by atoms with Crippen molar-refractivity contribution in [3.63, 3.8) is 0 Å². The van der Waals surface area contributed by atoms with Gasteiger partial charge in [0.05, 0.1) is 5.52 Å². The second-order valence-corrected chi connectivity index (χ2v) is 6.88. The Bertz CT molecular complexity index is 1260. The topological polar surface area (TPSA) is 152 Å². The number of hydrogen-bond donors (Lipinski definition) is 4. The van der Waals surface area contributed by atoms with Crippen molar-refractivity contribution in [2.45, 2.75) is 19.9 Å². The molecule has 156 valence electrons. The molecule has 3 heterocycles. The number of imidazole rings is 1. The van der Waals surface area contributed by atoms with Gasteiger partial charge in [0.1, 0.15) is 23.4 Å². The Labute approximate surface area is 178 Å². The number of hydrogen-bond acceptors (Lipinski definition) is 8. The van der Waals surface area contributed by atoms with Crippen molar-refractivity contribution >= 4 is 29.8 Å². The number of amides is 1. The number of carbonyl (C=O) groups excluding carboxylic acids is 1. The first kappa shape index (κ1) is 20.4. The monoisotopic (exact) mass is 417 g/mol. The van der Waals surface area contributed by atoms with Crippen LogP contribution in [0.25, 0.3) is 17.0 Å². The van der Waals surface area contributed by atoms with E-state index in [1.165, 1.54) is 6.33 Å². The number of aromatic nitrogens is 5. The molecule has 0 spiro atoms. The number of fused-ring (bicyclic) bond motifs is 1. The van der Waals surface area contributed by atoms with Crippen molar-refractivity contribution in [1.29, 1.82) is 0 Å². The summed E-state index contributed by atoms with van der Waals surface area (Å²) >= 11 is 0. The SMILES string of the molecule is CCc1nnc(-c2ncn3c(C(N)=O)cccc23)nc1NCc1cccc(B(O)O)c1. The summed E-state index contributed by atoms with van der Waals surface area (Å²) < 4.78 is 1.59. The van der Waals surface area contributed by atoms with Gasteiger partial charge in [0.25, 0.3) is 5.91 Å². The summed E-state index contributed by atoms with van der Waals surface area (Å²) in [4.78, 5) is 20.6. The van der Waals surface area contributed by atoms with Crippen LogP contribution in [-0.2, 0) is 13.0 Å². The van der Waals surface area contributed by atoms with Crippen molar-refractivity contribution in [3.8, 4) is 11.5 Å². The van der Waals surface area contributed by atoms with Crippen molar-refractivity contribution in [3.05, 3.63) is 65.7 Å². The third kappa shape index (κ3) is 4.09. The lowest BCUT2D eigenvalue weighted by Crippen LogP contribution is -2.30. The van der Waals surface area contributed by atoms with E-state index >= 15 is 0 Å². The molecular weight excluding hydrogens is 397 g/mol. The minimum absolute atomic E-state index is 0.304. The number of nitrogens with one attached hydrogen (secondary N) is 1. The van der Waals surface area contributed by atoms with E-state index in [0.717, 1.165) is 5.56 Å². The maximum absolute atomic E-state index is 11.7. The van der Waals surface area contributed by atoms with E-state index < -0.39 is 13.0 Å². The van der Waals surface area contributed by atoms with Gasteiger partial charge in [-0.25, -0.2) is 9.97 Å². The number of benzene rings is 1. The number of pyridine rings is 1. The minimum atomic E-state index is -1.53. The Morgan fingerprint density at radius 1 is 1.19 bits per heavy atom. The highest BCUT2D eigenvalue weighted by Crippen LogP contribution is 2.23. The molecule has 0 bridgehead atoms. The van der Waals surface area contributed by atoms with Crippen LogP contribution in [0, 0.1) is 0 Å². The standard InChI is InChI=1S/C20H20BN7O3/c1-2-14-19(23-10-12-5-3-6-13(9-12)21(30)31)25-20(27-26-14)17-15-7-4-8-16(18(22)29)28(15)11-24-17/h3-9,11,30-31H,2,10H2,1H3,(H2,22,29)(H,23,25,27). The van der Waals surface area contributed by atoms with Gasteiger partial charge in [-0.1, -0.05) is 37.3 Å². The number of anilines is 1. The van der Waals surface area contributed by atoms with Gasteiger partial charge in [-0.15, -0.1) is 10.2 Å². The molecule has 1 aromatic carbocycles. The second-order valence-electron chi connectivity index (χ2n) is 6.88. The summed E-state index contributed by atoms with van der Waals surface area (Å²) in [6.45, 7) is 2.35. The predicted molar refractivity (Wildman–Crippen MR) is 116 cm³/mol. The molecule has 3 aromatic heterocycles. The Kier molecular flexibility index (Phi) is 5.61. The molecule has 0 fully saturated rings. The van der Waals surface area contributed by atoms with Crippen molar-refractivity contribution in [2.75, 3.05) is 5.32 Å². The van der Waals surface area contributed by atoms with Crippen LogP contribution in [0.1, 0.15) is 28.7 Å². The lowest BCUT2D eigenvalue weighted by atomic mass is 9.80. The zero-order valence-electron chi connectivity index (χ0n) is 16.7. The normalized spacial score (nSPS) is 10.9. The number of nitrogens with zero attached hydrogens (tertiary/aromatic N) is 5. The largest absolute Gasteiger partial charge is 0.488 e. The maximum Gasteiger partial charge on any atom is 0.488 e. The minimum Gasteiger partial charge on any atom is -0.423 e. The molecule has 0 unspecified atom stereocenters. The van der Waals surface area contributed by atoms with Crippen molar-refractivity contribution in [1.82, 2.24) is 24.6 Å². The fraction of sp³-hybridized carbons (Fsp3) is 0.150. The molecule has 0 aliphatic carbocycles. The molecule has 0 aliphatic heterocycles. The lowest BCUT2D eigenvalue weighted by molar-refractivity contribution is 0.0994. The summed E-state index contributed by atoms with van der Waals surface area (Å²) in [5.74, 6) is 0.297. The van der Waals surface area contributed by atoms with E-state index in [-0.39, 0.29) is 0 Å². The van der Waals surface area contributed by atoms with Gasteiger partial charge in [0.2, 0.25) is 5.82 Å². The highest BCUT2D eigenvalue weighted by Gasteiger charge is 2.17. The molecule has 11 heteroatoms. The second kappa shape index (κ2) is 8.50. The number of carbonyl (C=O) groups is 1. The van der Waals surface area contributed by atoms with Crippen molar-refractivity contribution in [2.24, 2.45) is 5.73 Å². The lowest BCUT2D eigenvalue weighted by Gasteiger charge is -2.11. The molecule has 31 heavy (non-hydrogen) atoms. The van der Waals surface area contributed by atoms with Crippen molar-refractivity contribution < 1.29 is 14.8 Å². The van der Waals surface area contributed by atoms with Gasteiger partial charge < -0.3 is 21.1 Å². The molecule has 0 atom stereocenters. The zero-order valence-corrected chi connectivity index (χ0v) is 16.7. The highest BCUT2D eigenvalue weighted by molar-refractivity contribution is 6.58. The van der Waals surface area contributed by atoms with Crippen LogP contribution in [0.3, 0.4) is 0 Å². The Balaban J connectivity index is 1.67. The summed E-state index contributed by atoms with van der Waals surface area (Å²) in [5.41, 5.74) is 8.81. The molecule has 0 radical (unpaired) electrons. The Morgan fingerprint density at radius 3 is 2.74 bits per heavy atom. The van der Waals surface area contributed by atoms with Crippen LogP contribution in [0.4, 0.5) is 5.82 Å². The molecule has 0 saturated heterocycles. The van der Waals surface area contributed by atoms with Crippen LogP contribution in [-0.4, -0.2) is 47.6 Å². The van der Waals surface area contributed by atoms with Gasteiger partial charge in [-0.3, -0.25) is 9.20 Å². The average Bonchev–Trinajstić information content (AvgIpc) is 3.21. The van der Waals surface area contributed by atoms with E-state index in [0.29, 0.717) is 52.7 Å². The zero-order chi connectivity index (χ0) is 22.0. The van der Waals surface area contributed by atoms with Gasteiger partial charge >= 0.3 is 7.12 Å². The van der Waals surface area contributed by atoms with Crippen LogP contribution >= 0.6 is 0 Å². The first-order chi connectivity index (χ1) is 15.0. The maximum atomic E-state index is 11.7. The summed E-state index contributed by atoms with van der Waals surface area (Å²) in [7, 11) is -1.53. The van der Waals surface area contributed by atoms with Crippen LogP contribution in [0.5, 0.6) is 0 Å². The molecule has 1 amide bonds. The summed E-state index contributed by atoms with van der Waals surface area (Å²) in [6.07, 6.45) is 2.12. The molecule has 10 nitrogen and oxygen atoms in total. The third-order valence-electron chi connectivity index (χ3n) is 4.84. The number of aryl methyl sites for hydroxylation is 1. The van der Waals surface area contributed by atoms with E-state index in [1.54, 1.807) is 40.8 Å². The summed E-state index contributed by atoms with van der Waals surface area (Å²) in [5, 5.41) is 30.5. The molecule has 0 aliphatic rings. The first-order valence-corrected chi connectivity index (χ1v) is 9.66. The highest BCUT2D eigenvalue weighted by atomic mass is 16.4. The molecule has 4 rings (SSSR count). The van der Waals surface area contributed by atoms with E-state index in [1.807, 2.05) is 13.0 Å². The van der Waals surface area contributed by atoms with Crippen LogP contribution < -0.4 is 16.5 Å². The van der Waals surface area contributed by atoms with Crippen LogP contribution in [0.2, 0.25) is 0 Å². The quantitative estimate of drug-likeness (QED) is 0.310. The predicted octanol–water partition coefficient (Wildman–Crippen LogP) is 0.139. The Hall–Kier alpha value is -3.83. The molecule has 0 saturated carbocycles. The van der Waals surface area contributed by atoms with E-state index in [4.69, 9.17) is 5.73 Å². The third-order valence-corrected chi connectivity index (χ3v) is 4.84. The summed E-state index contributed by atoms with van der Waals surface area (Å²) in [6, 6.07) is 12.1. The fourth-order valence-electron chi connectivity index (χ4n) is 3.27. The van der Waals surface area contributed by atoms with Gasteiger partial charge in [-0.05, 0) is 29.6 Å². The molecular formula is C20H20BN7O3.